The fraction of sp³-hybridized carbons (Fsp3) is 0.143. The first-order valence-electron chi connectivity index (χ1n) is 5.49. The van der Waals surface area contributed by atoms with Crippen LogP contribution in [0.4, 0.5) is 5.69 Å². The Balaban J connectivity index is 2.27. The van der Waals surface area contributed by atoms with Crippen molar-refractivity contribution in [2.24, 2.45) is 5.73 Å². The molecule has 3 heteroatoms. The van der Waals surface area contributed by atoms with Gasteiger partial charge in [0, 0.05) is 17.2 Å². The predicted molar refractivity (Wildman–Crippen MR) is 76.2 cm³/mol. The molecule has 1 atom stereocenters. The average molecular weight is 291 g/mol. The number of anilines is 1. The molecular formula is C14H15BrN2. The first-order valence-corrected chi connectivity index (χ1v) is 6.29. The third kappa shape index (κ3) is 2.87. The van der Waals surface area contributed by atoms with E-state index in [0.717, 1.165) is 21.3 Å². The van der Waals surface area contributed by atoms with Crippen LogP contribution in [-0.4, -0.2) is 7.05 Å². The molecule has 0 aromatic heterocycles. The van der Waals surface area contributed by atoms with Crippen molar-refractivity contribution in [2.75, 3.05) is 12.4 Å². The summed E-state index contributed by atoms with van der Waals surface area (Å²) in [6, 6.07) is 16.2. The van der Waals surface area contributed by atoms with Gasteiger partial charge >= 0.3 is 0 Å². The monoisotopic (exact) mass is 290 g/mol. The van der Waals surface area contributed by atoms with Crippen LogP contribution in [-0.2, 0) is 0 Å². The van der Waals surface area contributed by atoms with Gasteiger partial charge in [0.25, 0.3) is 0 Å². The standard InChI is InChI=1S/C14H15BrN2/c1-17-13-7-5-10(6-8-13)14(16)11-3-2-4-12(15)9-11/h2-9,14,17H,16H2,1H3. The Labute approximate surface area is 110 Å². The summed E-state index contributed by atoms with van der Waals surface area (Å²) in [6.07, 6.45) is 0. The van der Waals surface area contributed by atoms with E-state index in [1.165, 1.54) is 0 Å². The Morgan fingerprint density at radius 1 is 1.06 bits per heavy atom. The van der Waals surface area contributed by atoms with Crippen LogP contribution in [0.15, 0.2) is 53.0 Å². The molecule has 0 bridgehead atoms. The van der Waals surface area contributed by atoms with Crippen molar-refractivity contribution < 1.29 is 0 Å². The lowest BCUT2D eigenvalue weighted by molar-refractivity contribution is 0.871. The minimum atomic E-state index is -0.0848. The lowest BCUT2D eigenvalue weighted by Crippen LogP contribution is -2.11. The lowest BCUT2D eigenvalue weighted by atomic mass is 9.99. The second kappa shape index (κ2) is 5.34. The van der Waals surface area contributed by atoms with Gasteiger partial charge in [0.1, 0.15) is 0 Å². The molecule has 0 heterocycles. The molecule has 0 saturated heterocycles. The fourth-order valence-electron chi connectivity index (χ4n) is 1.75. The minimum absolute atomic E-state index is 0.0848. The van der Waals surface area contributed by atoms with E-state index in [4.69, 9.17) is 5.73 Å². The summed E-state index contributed by atoms with van der Waals surface area (Å²) in [6.45, 7) is 0. The van der Waals surface area contributed by atoms with Gasteiger partial charge in [-0.05, 0) is 35.4 Å². The van der Waals surface area contributed by atoms with Gasteiger partial charge in [0.05, 0.1) is 6.04 Å². The third-order valence-corrected chi connectivity index (χ3v) is 3.26. The lowest BCUT2D eigenvalue weighted by Gasteiger charge is -2.13. The average Bonchev–Trinajstić information content (AvgIpc) is 2.38. The maximum atomic E-state index is 6.24. The molecular weight excluding hydrogens is 276 g/mol. The maximum Gasteiger partial charge on any atom is 0.0552 e. The van der Waals surface area contributed by atoms with Crippen molar-refractivity contribution in [1.29, 1.82) is 0 Å². The summed E-state index contributed by atoms with van der Waals surface area (Å²) in [4.78, 5) is 0. The second-order valence-electron chi connectivity index (χ2n) is 3.90. The SMILES string of the molecule is CNc1ccc(C(N)c2cccc(Br)c2)cc1. The van der Waals surface area contributed by atoms with Gasteiger partial charge in [-0.2, -0.15) is 0 Å². The Morgan fingerprint density at radius 2 is 1.76 bits per heavy atom. The maximum absolute atomic E-state index is 6.24. The molecule has 0 spiro atoms. The van der Waals surface area contributed by atoms with Gasteiger partial charge in [0.2, 0.25) is 0 Å². The number of halogens is 1. The van der Waals surface area contributed by atoms with E-state index in [9.17, 15) is 0 Å². The highest BCUT2D eigenvalue weighted by atomic mass is 79.9. The van der Waals surface area contributed by atoms with Crippen molar-refractivity contribution in [2.45, 2.75) is 6.04 Å². The quantitative estimate of drug-likeness (QED) is 0.907. The van der Waals surface area contributed by atoms with Crippen molar-refractivity contribution in [3.63, 3.8) is 0 Å². The third-order valence-electron chi connectivity index (χ3n) is 2.77. The number of hydrogen-bond acceptors (Lipinski definition) is 2. The van der Waals surface area contributed by atoms with E-state index in [1.807, 2.05) is 37.4 Å². The van der Waals surface area contributed by atoms with Gasteiger partial charge in [-0.1, -0.05) is 40.2 Å². The highest BCUT2D eigenvalue weighted by Crippen LogP contribution is 2.23. The van der Waals surface area contributed by atoms with Crippen LogP contribution in [0.1, 0.15) is 17.2 Å². The molecule has 2 nitrogen and oxygen atoms in total. The van der Waals surface area contributed by atoms with Gasteiger partial charge in [-0.25, -0.2) is 0 Å². The largest absolute Gasteiger partial charge is 0.388 e. The molecule has 3 N–H and O–H groups in total. The van der Waals surface area contributed by atoms with E-state index < -0.39 is 0 Å². The Kier molecular flexibility index (Phi) is 3.82. The Bertz CT molecular complexity index is 494. The van der Waals surface area contributed by atoms with E-state index >= 15 is 0 Å². The van der Waals surface area contributed by atoms with Crippen molar-refractivity contribution in [1.82, 2.24) is 0 Å². The molecule has 2 aromatic rings. The van der Waals surface area contributed by atoms with Crippen LogP contribution in [0.3, 0.4) is 0 Å². The minimum Gasteiger partial charge on any atom is -0.388 e. The van der Waals surface area contributed by atoms with Crippen LogP contribution in [0.25, 0.3) is 0 Å². The number of hydrogen-bond donors (Lipinski definition) is 2. The molecule has 1 unspecified atom stereocenters. The van der Waals surface area contributed by atoms with Crippen LogP contribution in [0, 0.1) is 0 Å². The summed E-state index contributed by atoms with van der Waals surface area (Å²) < 4.78 is 1.05. The Hall–Kier alpha value is -1.32. The summed E-state index contributed by atoms with van der Waals surface area (Å²) in [5.41, 5.74) is 9.55. The summed E-state index contributed by atoms with van der Waals surface area (Å²) in [7, 11) is 1.91. The molecule has 0 fully saturated rings. The van der Waals surface area contributed by atoms with Crippen molar-refractivity contribution in [3.05, 3.63) is 64.1 Å². The molecule has 0 aliphatic heterocycles. The molecule has 0 radical (unpaired) electrons. The molecule has 88 valence electrons. The van der Waals surface area contributed by atoms with Gasteiger partial charge in [-0.15, -0.1) is 0 Å². The predicted octanol–water partition coefficient (Wildman–Crippen LogP) is 3.54. The second-order valence-corrected chi connectivity index (χ2v) is 4.82. The normalized spacial score (nSPS) is 12.2. The van der Waals surface area contributed by atoms with Gasteiger partial charge in [-0.3, -0.25) is 0 Å². The van der Waals surface area contributed by atoms with Crippen molar-refractivity contribution >= 4 is 21.6 Å². The molecule has 0 aliphatic carbocycles. The Morgan fingerprint density at radius 3 is 2.35 bits per heavy atom. The van der Waals surface area contributed by atoms with Gasteiger partial charge in [0.15, 0.2) is 0 Å². The number of nitrogens with two attached hydrogens (primary N) is 1. The van der Waals surface area contributed by atoms with E-state index in [2.05, 4.69) is 39.4 Å². The van der Waals surface area contributed by atoms with E-state index in [1.54, 1.807) is 0 Å². The summed E-state index contributed by atoms with van der Waals surface area (Å²) in [5, 5.41) is 3.09. The summed E-state index contributed by atoms with van der Waals surface area (Å²) in [5.74, 6) is 0. The number of rotatable bonds is 3. The van der Waals surface area contributed by atoms with Crippen LogP contribution in [0.5, 0.6) is 0 Å². The van der Waals surface area contributed by atoms with Crippen LogP contribution in [0.2, 0.25) is 0 Å². The zero-order valence-corrected chi connectivity index (χ0v) is 11.2. The van der Waals surface area contributed by atoms with Crippen molar-refractivity contribution in [3.8, 4) is 0 Å². The molecule has 2 rings (SSSR count). The first-order chi connectivity index (χ1) is 8.20. The molecule has 0 aliphatic rings. The summed E-state index contributed by atoms with van der Waals surface area (Å²) >= 11 is 3.46. The van der Waals surface area contributed by atoms with E-state index in [-0.39, 0.29) is 6.04 Å². The van der Waals surface area contributed by atoms with Gasteiger partial charge < -0.3 is 11.1 Å². The van der Waals surface area contributed by atoms with Crippen LogP contribution < -0.4 is 11.1 Å². The number of benzene rings is 2. The number of nitrogens with one attached hydrogen (secondary N) is 1. The van der Waals surface area contributed by atoms with Crippen LogP contribution >= 0.6 is 15.9 Å². The smallest absolute Gasteiger partial charge is 0.0552 e. The highest BCUT2D eigenvalue weighted by molar-refractivity contribution is 9.10. The fourth-order valence-corrected chi connectivity index (χ4v) is 2.17. The topological polar surface area (TPSA) is 38.0 Å². The zero-order valence-electron chi connectivity index (χ0n) is 9.65. The highest BCUT2D eigenvalue weighted by Gasteiger charge is 2.08. The molecule has 2 aromatic carbocycles. The molecule has 0 saturated carbocycles. The van der Waals surface area contributed by atoms with E-state index in [0.29, 0.717) is 0 Å². The zero-order chi connectivity index (χ0) is 12.3. The molecule has 17 heavy (non-hydrogen) atoms. The first kappa shape index (κ1) is 12.1. The molecule has 0 amide bonds.